The Balaban J connectivity index is 2.13. The van der Waals surface area contributed by atoms with Crippen molar-refractivity contribution in [3.8, 4) is 0 Å². The molecule has 2 N–H and O–H groups in total. The van der Waals surface area contributed by atoms with Gasteiger partial charge in [0.1, 0.15) is 11.3 Å². The predicted molar refractivity (Wildman–Crippen MR) is 71.4 cm³/mol. The summed E-state index contributed by atoms with van der Waals surface area (Å²) in [5.74, 6) is -0.122. The molecule has 19 heavy (non-hydrogen) atoms. The lowest BCUT2D eigenvalue weighted by atomic mass is 10.1. The molecule has 2 heterocycles. The molecule has 0 radical (unpaired) electrons. The molecule has 2 aromatic rings. The highest BCUT2D eigenvalue weighted by atomic mass is 16.4. The maximum absolute atomic E-state index is 11.1. The van der Waals surface area contributed by atoms with E-state index >= 15 is 0 Å². The van der Waals surface area contributed by atoms with Crippen LogP contribution >= 0.6 is 0 Å². The molecule has 0 aliphatic rings. The first-order chi connectivity index (χ1) is 9.06. The van der Waals surface area contributed by atoms with Gasteiger partial charge in [-0.2, -0.15) is 0 Å². The van der Waals surface area contributed by atoms with Crippen molar-refractivity contribution in [2.75, 3.05) is 5.32 Å². The molecule has 100 valence electrons. The van der Waals surface area contributed by atoms with Crippen molar-refractivity contribution in [2.24, 2.45) is 0 Å². The maximum Gasteiger partial charge on any atom is 0.339 e. The van der Waals surface area contributed by atoms with Gasteiger partial charge in [-0.25, -0.2) is 4.79 Å². The summed E-state index contributed by atoms with van der Waals surface area (Å²) >= 11 is 0. The minimum absolute atomic E-state index is 0.0612. The molecule has 2 aromatic heterocycles. The van der Waals surface area contributed by atoms with E-state index in [2.05, 4.69) is 10.3 Å². The van der Waals surface area contributed by atoms with Crippen LogP contribution in [0.25, 0.3) is 0 Å². The van der Waals surface area contributed by atoms with Gasteiger partial charge in [0.25, 0.3) is 0 Å². The highest BCUT2D eigenvalue weighted by Crippen LogP contribution is 2.18. The maximum atomic E-state index is 11.1. The summed E-state index contributed by atoms with van der Waals surface area (Å²) in [5, 5.41) is 12.3. The molecule has 5 nitrogen and oxygen atoms in total. The van der Waals surface area contributed by atoms with Crippen LogP contribution in [0.1, 0.15) is 28.7 Å². The van der Waals surface area contributed by atoms with Crippen molar-refractivity contribution in [2.45, 2.75) is 26.3 Å². The summed E-state index contributed by atoms with van der Waals surface area (Å²) in [6.45, 7) is 3.80. The minimum Gasteiger partial charge on any atom is -0.478 e. The molecule has 5 heteroatoms. The first kappa shape index (κ1) is 13.1. The van der Waals surface area contributed by atoms with E-state index in [1.807, 2.05) is 26.0 Å². The fourth-order valence-corrected chi connectivity index (χ4v) is 1.90. The Kier molecular flexibility index (Phi) is 3.85. The van der Waals surface area contributed by atoms with Crippen LogP contribution in [-0.2, 0) is 6.42 Å². The molecule has 0 aliphatic heterocycles. The number of furan rings is 1. The number of pyridine rings is 1. The molecule has 0 fully saturated rings. The Bertz CT molecular complexity index is 564. The second-order valence-electron chi connectivity index (χ2n) is 4.51. The summed E-state index contributed by atoms with van der Waals surface area (Å²) in [7, 11) is 0. The Morgan fingerprint density at radius 2 is 2.37 bits per heavy atom. The summed E-state index contributed by atoms with van der Waals surface area (Å²) in [5.41, 5.74) is 1.54. The fourth-order valence-electron chi connectivity index (χ4n) is 1.90. The number of carboxylic acids is 1. The van der Waals surface area contributed by atoms with E-state index in [-0.39, 0.29) is 11.6 Å². The number of aromatic nitrogens is 1. The summed E-state index contributed by atoms with van der Waals surface area (Å²) < 4.78 is 5.27. The number of aryl methyl sites for hydroxylation is 1. The lowest BCUT2D eigenvalue weighted by molar-refractivity contribution is 0.0697. The van der Waals surface area contributed by atoms with E-state index in [1.165, 1.54) is 6.20 Å². The van der Waals surface area contributed by atoms with Gasteiger partial charge in [-0.15, -0.1) is 0 Å². The van der Waals surface area contributed by atoms with Crippen LogP contribution in [-0.4, -0.2) is 22.1 Å². The van der Waals surface area contributed by atoms with Gasteiger partial charge < -0.3 is 14.8 Å². The quantitative estimate of drug-likeness (QED) is 0.864. The first-order valence-electron chi connectivity index (χ1n) is 6.05. The molecule has 0 spiro atoms. The monoisotopic (exact) mass is 260 g/mol. The molecular weight excluding hydrogens is 244 g/mol. The van der Waals surface area contributed by atoms with Gasteiger partial charge in [-0.1, -0.05) is 0 Å². The molecule has 0 amide bonds. The zero-order valence-electron chi connectivity index (χ0n) is 10.9. The number of hydrogen-bond acceptors (Lipinski definition) is 4. The second-order valence-corrected chi connectivity index (χ2v) is 4.51. The molecular formula is C14H16N2O3. The van der Waals surface area contributed by atoms with Crippen LogP contribution in [0, 0.1) is 6.92 Å². The molecule has 0 saturated heterocycles. The van der Waals surface area contributed by atoms with Crippen LogP contribution in [0.4, 0.5) is 5.69 Å². The van der Waals surface area contributed by atoms with Crippen LogP contribution in [0.5, 0.6) is 0 Å². The van der Waals surface area contributed by atoms with Gasteiger partial charge in [-0.3, -0.25) is 4.98 Å². The number of nitrogens with zero attached hydrogens (tertiary/aromatic N) is 1. The Morgan fingerprint density at radius 3 is 3.00 bits per heavy atom. The van der Waals surface area contributed by atoms with Crippen molar-refractivity contribution in [1.29, 1.82) is 0 Å². The van der Waals surface area contributed by atoms with Crippen molar-refractivity contribution in [3.05, 3.63) is 47.7 Å². The standard InChI is InChI=1S/C14H16N2O3/c1-9-7-13(12(8-15-9)14(17)18)16-10(2)6-11-4-3-5-19-11/h3-5,7-8,10H,6H2,1-2H3,(H,15,16)(H,17,18). The predicted octanol–water partition coefficient (Wildman–Crippen LogP) is 2.72. The number of anilines is 1. The number of aromatic carboxylic acids is 1. The lowest BCUT2D eigenvalue weighted by Crippen LogP contribution is -2.20. The van der Waals surface area contributed by atoms with Crippen molar-refractivity contribution in [3.63, 3.8) is 0 Å². The highest BCUT2D eigenvalue weighted by Gasteiger charge is 2.13. The fraction of sp³-hybridized carbons (Fsp3) is 0.286. The van der Waals surface area contributed by atoms with E-state index in [0.29, 0.717) is 12.1 Å². The van der Waals surface area contributed by atoms with Gasteiger partial charge in [0.15, 0.2) is 0 Å². The molecule has 1 unspecified atom stereocenters. The lowest BCUT2D eigenvalue weighted by Gasteiger charge is -2.16. The number of carbonyl (C=O) groups is 1. The van der Waals surface area contributed by atoms with E-state index in [1.54, 1.807) is 12.3 Å². The summed E-state index contributed by atoms with van der Waals surface area (Å²) in [4.78, 5) is 15.1. The van der Waals surface area contributed by atoms with Gasteiger partial charge in [0.05, 0.1) is 12.0 Å². The van der Waals surface area contributed by atoms with Crippen molar-refractivity contribution < 1.29 is 14.3 Å². The van der Waals surface area contributed by atoms with Gasteiger partial charge >= 0.3 is 5.97 Å². The Morgan fingerprint density at radius 1 is 1.58 bits per heavy atom. The number of nitrogens with one attached hydrogen (secondary N) is 1. The number of hydrogen-bond donors (Lipinski definition) is 2. The smallest absolute Gasteiger partial charge is 0.339 e. The second kappa shape index (κ2) is 5.56. The van der Waals surface area contributed by atoms with Gasteiger partial charge in [0.2, 0.25) is 0 Å². The van der Waals surface area contributed by atoms with E-state index in [4.69, 9.17) is 9.52 Å². The molecule has 0 bridgehead atoms. The average molecular weight is 260 g/mol. The van der Waals surface area contributed by atoms with E-state index in [0.717, 1.165) is 11.5 Å². The van der Waals surface area contributed by atoms with Crippen LogP contribution < -0.4 is 5.32 Å². The number of rotatable bonds is 5. The molecule has 0 aromatic carbocycles. The number of carboxylic acid groups (broad SMARTS) is 1. The van der Waals surface area contributed by atoms with Crippen LogP contribution in [0.15, 0.2) is 35.1 Å². The largest absolute Gasteiger partial charge is 0.478 e. The third kappa shape index (κ3) is 3.34. The zero-order chi connectivity index (χ0) is 13.8. The molecule has 0 saturated carbocycles. The van der Waals surface area contributed by atoms with Crippen LogP contribution in [0.2, 0.25) is 0 Å². The Hall–Kier alpha value is -2.30. The normalized spacial score (nSPS) is 12.1. The molecule has 2 rings (SSSR count). The summed E-state index contributed by atoms with van der Waals surface area (Å²) in [6, 6.07) is 5.53. The third-order valence-electron chi connectivity index (χ3n) is 2.76. The third-order valence-corrected chi connectivity index (χ3v) is 2.76. The van der Waals surface area contributed by atoms with Gasteiger partial charge in [0, 0.05) is 24.4 Å². The van der Waals surface area contributed by atoms with Crippen molar-refractivity contribution in [1.82, 2.24) is 4.98 Å². The molecule has 0 aliphatic carbocycles. The SMILES string of the molecule is Cc1cc(NC(C)Cc2ccco2)c(C(=O)O)cn1. The van der Waals surface area contributed by atoms with E-state index < -0.39 is 5.97 Å². The van der Waals surface area contributed by atoms with Crippen LogP contribution in [0.3, 0.4) is 0 Å². The average Bonchev–Trinajstić information content (AvgIpc) is 2.81. The van der Waals surface area contributed by atoms with Gasteiger partial charge in [-0.05, 0) is 32.0 Å². The first-order valence-corrected chi connectivity index (χ1v) is 6.05. The van der Waals surface area contributed by atoms with Crippen molar-refractivity contribution >= 4 is 11.7 Å². The zero-order valence-corrected chi connectivity index (χ0v) is 10.9. The minimum atomic E-state index is -0.986. The highest BCUT2D eigenvalue weighted by molar-refractivity contribution is 5.93. The topological polar surface area (TPSA) is 75.4 Å². The Labute approximate surface area is 111 Å². The summed E-state index contributed by atoms with van der Waals surface area (Å²) in [6.07, 6.45) is 3.69. The van der Waals surface area contributed by atoms with E-state index in [9.17, 15) is 4.79 Å². The molecule has 1 atom stereocenters.